The number of methoxy groups -OCH3 is 1. The standard InChI is InChI=1S/C13H26N2O2.ClH/c1-3-4-5-12(10-17-2)15-13(16)11-6-8-14-9-7-11;/h11-12,14H,3-10H2,1-2H3,(H,15,16);1H. The average molecular weight is 279 g/mol. The van der Waals surface area contributed by atoms with Gasteiger partial charge in [0.15, 0.2) is 0 Å². The highest BCUT2D eigenvalue weighted by atomic mass is 35.5. The molecule has 4 nitrogen and oxygen atoms in total. The van der Waals surface area contributed by atoms with Gasteiger partial charge in [0.2, 0.25) is 5.91 Å². The van der Waals surface area contributed by atoms with Crippen LogP contribution in [0.3, 0.4) is 0 Å². The topological polar surface area (TPSA) is 50.4 Å². The van der Waals surface area contributed by atoms with Crippen molar-refractivity contribution in [3.8, 4) is 0 Å². The van der Waals surface area contributed by atoms with Crippen LogP contribution >= 0.6 is 12.4 Å². The lowest BCUT2D eigenvalue weighted by Gasteiger charge is -2.25. The van der Waals surface area contributed by atoms with Gasteiger partial charge in [0, 0.05) is 13.0 Å². The van der Waals surface area contributed by atoms with Gasteiger partial charge in [-0.1, -0.05) is 19.8 Å². The smallest absolute Gasteiger partial charge is 0.223 e. The Kier molecular flexibility index (Phi) is 10.4. The number of piperidine rings is 1. The first-order valence-electron chi connectivity index (χ1n) is 6.78. The molecular weight excluding hydrogens is 252 g/mol. The number of nitrogens with one attached hydrogen (secondary N) is 2. The normalized spacial score (nSPS) is 17.9. The molecule has 18 heavy (non-hydrogen) atoms. The highest BCUT2D eigenvalue weighted by Crippen LogP contribution is 2.12. The fourth-order valence-corrected chi connectivity index (χ4v) is 2.25. The van der Waals surface area contributed by atoms with Crippen molar-refractivity contribution in [3.05, 3.63) is 0 Å². The molecule has 1 aliphatic heterocycles. The third-order valence-corrected chi connectivity index (χ3v) is 3.33. The summed E-state index contributed by atoms with van der Waals surface area (Å²) in [5.41, 5.74) is 0. The van der Waals surface area contributed by atoms with Gasteiger partial charge in [-0.15, -0.1) is 12.4 Å². The number of halogens is 1. The minimum atomic E-state index is 0. The largest absolute Gasteiger partial charge is 0.383 e. The summed E-state index contributed by atoms with van der Waals surface area (Å²) in [4.78, 5) is 12.1. The first-order chi connectivity index (χ1) is 8.27. The van der Waals surface area contributed by atoms with Gasteiger partial charge in [0.25, 0.3) is 0 Å². The van der Waals surface area contributed by atoms with Crippen LogP contribution < -0.4 is 10.6 Å². The molecule has 5 heteroatoms. The Hall–Kier alpha value is -0.320. The second-order valence-electron chi connectivity index (χ2n) is 4.83. The molecule has 0 spiro atoms. The molecule has 0 aromatic carbocycles. The van der Waals surface area contributed by atoms with Crippen LogP contribution in [0, 0.1) is 5.92 Å². The van der Waals surface area contributed by atoms with Crippen LogP contribution in [-0.4, -0.2) is 38.8 Å². The molecule has 0 radical (unpaired) electrons. The van der Waals surface area contributed by atoms with E-state index < -0.39 is 0 Å². The maximum absolute atomic E-state index is 12.1. The molecule has 1 fully saturated rings. The van der Waals surface area contributed by atoms with E-state index in [4.69, 9.17) is 4.74 Å². The van der Waals surface area contributed by atoms with E-state index >= 15 is 0 Å². The zero-order chi connectivity index (χ0) is 12.5. The van der Waals surface area contributed by atoms with E-state index in [0.717, 1.165) is 45.2 Å². The Bertz CT molecular complexity index is 221. The summed E-state index contributed by atoms with van der Waals surface area (Å²) in [7, 11) is 1.69. The molecule has 1 aliphatic rings. The predicted molar refractivity (Wildman–Crippen MR) is 76.2 cm³/mol. The molecular formula is C13H27ClN2O2. The minimum Gasteiger partial charge on any atom is -0.383 e. The highest BCUT2D eigenvalue weighted by molar-refractivity contribution is 5.85. The van der Waals surface area contributed by atoms with Crippen LogP contribution in [0.1, 0.15) is 39.0 Å². The molecule has 0 aromatic rings. The predicted octanol–water partition coefficient (Wildman–Crippen LogP) is 1.73. The van der Waals surface area contributed by atoms with Gasteiger partial charge in [-0.2, -0.15) is 0 Å². The van der Waals surface area contributed by atoms with E-state index in [1.165, 1.54) is 0 Å². The van der Waals surface area contributed by atoms with Crippen LogP contribution in [0.4, 0.5) is 0 Å². The van der Waals surface area contributed by atoms with Crippen molar-refractivity contribution in [2.45, 2.75) is 45.1 Å². The van der Waals surface area contributed by atoms with Gasteiger partial charge >= 0.3 is 0 Å². The van der Waals surface area contributed by atoms with Crippen molar-refractivity contribution < 1.29 is 9.53 Å². The van der Waals surface area contributed by atoms with E-state index in [2.05, 4.69) is 17.6 Å². The van der Waals surface area contributed by atoms with Gasteiger partial charge in [-0.25, -0.2) is 0 Å². The molecule has 0 bridgehead atoms. The molecule has 0 saturated carbocycles. The highest BCUT2D eigenvalue weighted by Gasteiger charge is 2.22. The monoisotopic (exact) mass is 278 g/mol. The number of carbonyl (C=O) groups excluding carboxylic acids is 1. The number of unbranched alkanes of at least 4 members (excludes halogenated alkanes) is 1. The number of carbonyl (C=O) groups is 1. The molecule has 1 unspecified atom stereocenters. The number of ether oxygens (including phenoxy) is 1. The first kappa shape index (κ1) is 17.7. The number of hydrogen-bond acceptors (Lipinski definition) is 3. The molecule has 1 atom stereocenters. The van der Waals surface area contributed by atoms with Crippen molar-refractivity contribution in [2.24, 2.45) is 5.92 Å². The van der Waals surface area contributed by atoms with Crippen molar-refractivity contribution in [1.29, 1.82) is 0 Å². The van der Waals surface area contributed by atoms with E-state index in [0.29, 0.717) is 6.61 Å². The maximum Gasteiger partial charge on any atom is 0.223 e. The lowest BCUT2D eigenvalue weighted by molar-refractivity contribution is -0.126. The van der Waals surface area contributed by atoms with Gasteiger partial charge in [0.05, 0.1) is 12.6 Å². The van der Waals surface area contributed by atoms with Gasteiger partial charge in [-0.3, -0.25) is 4.79 Å². The average Bonchev–Trinajstić information content (AvgIpc) is 2.37. The second-order valence-corrected chi connectivity index (χ2v) is 4.83. The first-order valence-corrected chi connectivity index (χ1v) is 6.78. The lowest BCUT2D eigenvalue weighted by Crippen LogP contribution is -2.44. The summed E-state index contributed by atoms with van der Waals surface area (Å²) >= 11 is 0. The van der Waals surface area contributed by atoms with Gasteiger partial charge in [-0.05, 0) is 32.4 Å². The summed E-state index contributed by atoms with van der Waals surface area (Å²) < 4.78 is 5.16. The molecule has 1 amide bonds. The number of amides is 1. The van der Waals surface area contributed by atoms with Crippen LogP contribution in [0.5, 0.6) is 0 Å². The molecule has 0 aliphatic carbocycles. The summed E-state index contributed by atoms with van der Waals surface area (Å²) in [6.07, 6.45) is 5.23. The summed E-state index contributed by atoms with van der Waals surface area (Å²) in [6.45, 7) is 4.71. The Morgan fingerprint density at radius 2 is 2.11 bits per heavy atom. The van der Waals surface area contributed by atoms with Crippen molar-refractivity contribution in [2.75, 3.05) is 26.8 Å². The molecule has 0 aromatic heterocycles. The second kappa shape index (κ2) is 10.6. The van der Waals surface area contributed by atoms with Crippen molar-refractivity contribution in [3.63, 3.8) is 0 Å². The fourth-order valence-electron chi connectivity index (χ4n) is 2.25. The fraction of sp³-hybridized carbons (Fsp3) is 0.923. The van der Waals surface area contributed by atoms with Crippen LogP contribution in [0.2, 0.25) is 0 Å². The van der Waals surface area contributed by atoms with E-state index in [1.54, 1.807) is 7.11 Å². The maximum atomic E-state index is 12.1. The molecule has 108 valence electrons. The van der Waals surface area contributed by atoms with E-state index in [-0.39, 0.29) is 30.3 Å². The van der Waals surface area contributed by atoms with E-state index in [9.17, 15) is 4.79 Å². The number of rotatable bonds is 7. The SMILES string of the molecule is CCCCC(COC)NC(=O)C1CCNCC1.Cl. The Balaban J connectivity index is 0.00000289. The lowest BCUT2D eigenvalue weighted by atomic mass is 9.96. The number of hydrogen-bond donors (Lipinski definition) is 2. The Morgan fingerprint density at radius 3 is 2.67 bits per heavy atom. The zero-order valence-electron chi connectivity index (χ0n) is 11.5. The van der Waals surface area contributed by atoms with Gasteiger partial charge in [0.1, 0.15) is 0 Å². The molecule has 2 N–H and O–H groups in total. The minimum absolute atomic E-state index is 0. The molecule has 1 rings (SSSR count). The Morgan fingerprint density at radius 1 is 1.44 bits per heavy atom. The van der Waals surface area contributed by atoms with Crippen LogP contribution in [0.25, 0.3) is 0 Å². The van der Waals surface area contributed by atoms with Crippen molar-refractivity contribution >= 4 is 18.3 Å². The summed E-state index contributed by atoms with van der Waals surface area (Å²) in [5.74, 6) is 0.405. The zero-order valence-corrected chi connectivity index (χ0v) is 12.4. The van der Waals surface area contributed by atoms with Crippen LogP contribution in [-0.2, 0) is 9.53 Å². The quantitative estimate of drug-likeness (QED) is 0.746. The summed E-state index contributed by atoms with van der Waals surface area (Å²) in [5, 5.41) is 6.41. The summed E-state index contributed by atoms with van der Waals surface area (Å²) in [6, 6.07) is 0.183. The van der Waals surface area contributed by atoms with Crippen molar-refractivity contribution in [1.82, 2.24) is 10.6 Å². The third kappa shape index (κ3) is 6.57. The third-order valence-electron chi connectivity index (χ3n) is 3.33. The Labute approximate surface area is 117 Å². The van der Waals surface area contributed by atoms with Crippen LogP contribution in [0.15, 0.2) is 0 Å². The molecule has 1 saturated heterocycles. The van der Waals surface area contributed by atoms with Gasteiger partial charge < -0.3 is 15.4 Å². The molecule has 1 heterocycles. The van der Waals surface area contributed by atoms with E-state index in [1.807, 2.05) is 0 Å².